The first-order valence-electron chi connectivity index (χ1n) is 3.60. The minimum absolute atomic E-state index is 0. The minimum atomic E-state index is -0.833. The van der Waals surface area contributed by atoms with E-state index in [1.54, 1.807) is 7.05 Å². The SMILES string of the molecule is CC(=O)O.CNc1nc(N)nc(N)n1.[Ca+2].[H-].[H-]. The molecule has 0 aliphatic heterocycles. The molecule has 6 N–H and O–H groups in total. The largest absolute Gasteiger partial charge is 2.00 e. The Labute approximate surface area is 119 Å². The fourth-order valence-electron chi connectivity index (χ4n) is 0.521. The van der Waals surface area contributed by atoms with Gasteiger partial charge in [0, 0.05) is 14.0 Å². The van der Waals surface area contributed by atoms with Gasteiger partial charge in [-0.2, -0.15) is 15.0 Å². The van der Waals surface area contributed by atoms with E-state index in [-0.39, 0.29) is 52.5 Å². The summed E-state index contributed by atoms with van der Waals surface area (Å²) in [6, 6.07) is 0. The first-order valence-corrected chi connectivity index (χ1v) is 3.60. The maximum atomic E-state index is 9.00. The Balaban J connectivity index is -0.000000108. The predicted octanol–water partition coefficient (Wildman–Crippen LogP) is -0.987. The number of anilines is 3. The van der Waals surface area contributed by atoms with Crippen molar-refractivity contribution in [2.75, 3.05) is 23.8 Å². The van der Waals surface area contributed by atoms with E-state index in [1.807, 2.05) is 0 Å². The summed E-state index contributed by atoms with van der Waals surface area (Å²) < 4.78 is 0. The van der Waals surface area contributed by atoms with Gasteiger partial charge >= 0.3 is 37.7 Å². The number of nitrogens with two attached hydrogens (primary N) is 2. The molecule has 0 bridgehead atoms. The van der Waals surface area contributed by atoms with Crippen LogP contribution >= 0.6 is 0 Å². The van der Waals surface area contributed by atoms with E-state index >= 15 is 0 Å². The Hall–Kier alpha value is -0.860. The molecule has 9 heteroatoms. The maximum Gasteiger partial charge on any atom is 2.00 e. The first kappa shape index (κ1) is 16.6. The third kappa shape index (κ3) is 9.44. The number of hydrogen-bond acceptors (Lipinski definition) is 7. The molecule has 1 heterocycles. The number of carbonyl (C=O) groups is 1. The van der Waals surface area contributed by atoms with Crippen molar-refractivity contribution in [1.29, 1.82) is 0 Å². The normalized spacial score (nSPS) is 7.87. The average Bonchev–Trinajstić information content (AvgIpc) is 2.01. The van der Waals surface area contributed by atoms with Gasteiger partial charge in [-0.05, 0) is 0 Å². The molecule has 0 aromatic carbocycles. The molecule has 1 aromatic heterocycles. The van der Waals surface area contributed by atoms with Gasteiger partial charge in [-0.25, -0.2) is 0 Å². The van der Waals surface area contributed by atoms with E-state index in [1.165, 1.54) is 0 Å². The predicted molar refractivity (Wildman–Crippen MR) is 59.5 cm³/mol. The van der Waals surface area contributed by atoms with Crippen LogP contribution in [0.4, 0.5) is 17.8 Å². The van der Waals surface area contributed by atoms with E-state index in [0.717, 1.165) is 6.92 Å². The zero-order valence-corrected chi connectivity index (χ0v) is 10.8. The molecule has 0 aliphatic carbocycles. The van der Waals surface area contributed by atoms with E-state index < -0.39 is 5.97 Å². The van der Waals surface area contributed by atoms with Crippen molar-refractivity contribution in [2.24, 2.45) is 0 Å². The summed E-state index contributed by atoms with van der Waals surface area (Å²) in [5.74, 6) is -0.210. The van der Waals surface area contributed by atoms with Gasteiger partial charge in [-0.1, -0.05) is 0 Å². The second kappa shape index (κ2) is 8.45. The third-order valence-corrected chi connectivity index (χ3v) is 0.894. The van der Waals surface area contributed by atoms with Crippen LogP contribution in [-0.4, -0.2) is 70.8 Å². The van der Waals surface area contributed by atoms with Crippen LogP contribution in [0.2, 0.25) is 0 Å². The molecule has 8 nitrogen and oxygen atoms in total. The van der Waals surface area contributed by atoms with Crippen molar-refractivity contribution in [3.8, 4) is 0 Å². The molecule has 0 atom stereocenters. The van der Waals surface area contributed by atoms with Crippen molar-refractivity contribution in [2.45, 2.75) is 6.92 Å². The zero-order valence-electron chi connectivity index (χ0n) is 10.6. The number of carboxylic acid groups (broad SMARTS) is 1. The van der Waals surface area contributed by atoms with Crippen molar-refractivity contribution in [3.63, 3.8) is 0 Å². The smallest absolute Gasteiger partial charge is 1.00 e. The number of hydrogen-bond donors (Lipinski definition) is 4. The number of nitrogen functional groups attached to an aromatic ring is 2. The molecule has 0 unspecified atom stereocenters. The van der Waals surface area contributed by atoms with E-state index in [9.17, 15) is 0 Å². The second-order valence-electron chi connectivity index (χ2n) is 2.14. The van der Waals surface area contributed by atoms with Gasteiger partial charge in [-0.15, -0.1) is 0 Å². The number of nitrogens with zero attached hydrogens (tertiary/aromatic N) is 3. The molecule has 0 radical (unpaired) electrons. The molecule has 0 spiro atoms. The topological polar surface area (TPSA) is 140 Å². The van der Waals surface area contributed by atoms with Crippen molar-refractivity contribution in [3.05, 3.63) is 0 Å². The average molecular weight is 242 g/mol. The summed E-state index contributed by atoms with van der Waals surface area (Å²) in [4.78, 5) is 20.0. The Morgan fingerprint density at radius 3 is 1.93 bits per heavy atom. The Morgan fingerprint density at radius 1 is 1.33 bits per heavy atom. The minimum Gasteiger partial charge on any atom is -1.00 e. The van der Waals surface area contributed by atoms with Crippen molar-refractivity contribution >= 4 is 61.6 Å². The molecule has 0 saturated heterocycles. The number of rotatable bonds is 1. The summed E-state index contributed by atoms with van der Waals surface area (Å²) in [6.45, 7) is 1.08. The van der Waals surface area contributed by atoms with Gasteiger partial charge in [0.1, 0.15) is 0 Å². The summed E-state index contributed by atoms with van der Waals surface area (Å²) in [6.07, 6.45) is 0. The zero-order chi connectivity index (χ0) is 11.1. The van der Waals surface area contributed by atoms with Crippen LogP contribution < -0.4 is 16.8 Å². The summed E-state index contributed by atoms with van der Waals surface area (Å²) in [7, 11) is 1.67. The first-order chi connectivity index (χ1) is 6.45. The summed E-state index contributed by atoms with van der Waals surface area (Å²) in [5, 5.41) is 10.1. The molecule has 0 aliphatic rings. The molecule has 15 heavy (non-hydrogen) atoms. The number of aliphatic carboxylic acids is 1. The fraction of sp³-hybridized carbons (Fsp3) is 0.333. The van der Waals surface area contributed by atoms with E-state index in [4.69, 9.17) is 21.4 Å². The molecule has 0 saturated carbocycles. The fourth-order valence-corrected chi connectivity index (χ4v) is 0.521. The molecular formula is C6H14CaN6O2. The van der Waals surface area contributed by atoms with Crippen LogP contribution in [0.15, 0.2) is 0 Å². The van der Waals surface area contributed by atoms with Crippen LogP contribution in [0.5, 0.6) is 0 Å². The third-order valence-electron chi connectivity index (χ3n) is 0.894. The van der Waals surface area contributed by atoms with Gasteiger partial charge in [0.05, 0.1) is 0 Å². The Morgan fingerprint density at radius 2 is 1.67 bits per heavy atom. The Bertz CT molecular complexity index is 305. The molecule has 1 aromatic rings. The van der Waals surface area contributed by atoms with Crippen LogP contribution in [-0.2, 0) is 4.79 Å². The van der Waals surface area contributed by atoms with Gasteiger partial charge in [0.15, 0.2) is 0 Å². The maximum absolute atomic E-state index is 9.00. The number of carboxylic acids is 1. The van der Waals surface area contributed by atoms with E-state index in [2.05, 4.69) is 20.3 Å². The second-order valence-corrected chi connectivity index (χ2v) is 2.14. The monoisotopic (exact) mass is 242 g/mol. The van der Waals surface area contributed by atoms with Gasteiger partial charge < -0.3 is 24.7 Å². The van der Waals surface area contributed by atoms with Crippen LogP contribution in [0.25, 0.3) is 0 Å². The molecule has 0 fully saturated rings. The van der Waals surface area contributed by atoms with Crippen LogP contribution in [0.3, 0.4) is 0 Å². The van der Waals surface area contributed by atoms with Crippen LogP contribution in [0.1, 0.15) is 9.78 Å². The number of aromatic nitrogens is 3. The van der Waals surface area contributed by atoms with Crippen molar-refractivity contribution < 1.29 is 12.8 Å². The van der Waals surface area contributed by atoms with Crippen LogP contribution in [0, 0.1) is 0 Å². The Kier molecular flexibility index (Phi) is 9.33. The molecule has 82 valence electrons. The molecular weight excluding hydrogens is 228 g/mol. The molecule has 0 amide bonds. The van der Waals surface area contributed by atoms with Crippen molar-refractivity contribution in [1.82, 2.24) is 15.0 Å². The summed E-state index contributed by atoms with van der Waals surface area (Å²) >= 11 is 0. The van der Waals surface area contributed by atoms with Gasteiger partial charge in [0.2, 0.25) is 17.8 Å². The molecule has 1 rings (SSSR count). The number of nitrogens with one attached hydrogen (secondary N) is 1. The quantitative estimate of drug-likeness (QED) is 0.460. The standard InChI is InChI=1S/C4H8N6.C2H4O2.Ca.2H/c1-7-4-9-2(5)8-3(6)10-4;1-2(3)4;;;/h1H3,(H5,5,6,7,8,9,10);1H3,(H,3,4);;;/q;;+2;2*-1. The summed E-state index contributed by atoms with van der Waals surface area (Å²) in [5.41, 5.74) is 10.5. The van der Waals surface area contributed by atoms with E-state index in [0.29, 0.717) is 5.95 Å². The van der Waals surface area contributed by atoms with Gasteiger partial charge in [-0.3, -0.25) is 4.79 Å². The van der Waals surface area contributed by atoms with Gasteiger partial charge in [0.25, 0.3) is 5.97 Å².